The van der Waals surface area contributed by atoms with Gasteiger partial charge in [0, 0.05) is 5.16 Å². The van der Waals surface area contributed by atoms with E-state index in [1.807, 2.05) is 0 Å². The van der Waals surface area contributed by atoms with Crippen molar-refractivity contribution in [2.45, 2.75) is 56.8 Å². The molecule has 1 heteroatoms. The maximum atomic E-state index is 2.45. The smallest absolute Gasteiger partial charge is 0.00929 e. The van der Waals surface area contributed by atoms with E-state index >= 15 is 0 Å². The molecule has 15 heavy (non-hydrogen) atoms. The standard InChI is InChI=1S/C14H23P/c1-12-8-6-7-11-14(12,2)15-13-9-4-3-5-10-13/h6-8,11-13,15H,3-5,9-10H2,1-2H3. The van der Waals surface area contributed by atoms with Crippen LogP contribution >= 0.6 is 8.58 Å². The molecule has 0 saturated heterocycles. The molecular weight excluding hydrogens is 199 g/mol. The summed E-state index contributed by atoms with van der Waals surface area (Å²) in [6.07, 6.45) is 16.7. The first-order valence-electron chi connectivity index (χ1n) is 6.34. The molecule has 3 atom stereocenters. The zero-order chi connectivity index (χ0) is 10.7. The molecule has 1 saturated carbocycles. The highest BCUT2D eigenvalue weighted by Gasteiger charge is 2.31. The largest absolute Gasteiger partial charge is 0.108 e. The summed E-state index contributed by atoms with van der Waals surface area (Å²) in [5, 5.41) is 0.455. The lowest BCUT2D eigenvalue weighted by atomic mass is 9.91. The zero-order valence-electron chi connectivity index (χ0n) is 10.00. The molecule has 0 bridgehead atoms. The van der Waals surface area contributed by atoms with Crippen molar-refractivity contribution < 1.29 is 0 Å². The number of hydrogen-bond donors (Lipinski definition) is 0. The minimum atomic E-state index is 0.455. The Morgan fingerprint density at radius 2 is 1.87 bits per heavy atom. The second-order valence-corrected chi connectivity index (χ2v) is 7.48. The molecule has 0 radical (unpaired) electrons. The lowest BCUT2D eigenvalue weighted by Gasteiger charge is -2.37. The average molecular weight is 222 g/mol. The van der Waals surface area contributed by atoms with Crippen molar-refractivity contribution in [2.24, 2.45) is 5.92 Å². The van der Waals surface area contributed by atoms with E-state index in [4.69, 9.17) is 0 Å². The van der Waals surface area contributed by atoms with Gasteiger partial charge in [-0.15, -0.1) is 8.58 Å². The number of hydrogen-bond acceptors (Lipinski definition) is 0. The summed E-state index contributed by atoms with van der Waals surface area (Å²) < 4.78 is 0. The van der Waals surface area contributed by atoms with Crippen LogP contribution in [0.5, 0.6) is 0 Å². The Balaban J connectivity index is 1.97. The molecule has 0 amide bonds. The third kappa shape index (κ3) is 2.72. The van der Waals surface area contributed by atoms with Crippen LogP contribution in [0.1, 0.15) is 46.0 Å². The lowest BCUT2D eigenvalue weighted by molar-refractivity contribution is 0.502. The maximum absolute atomic E-state index is 2.45. The number of rotatable bonds is 2. The average Bonchev–Trinajstić information content (AvgIpc) is 2.24. The predicted molar refractivity (Wildman–Crippen MR) is 71.0 cm³/mol. The van der Waals surface area contributed by atoms with Crippen LogP contribution < -0.4 is 0 Å². The monoisotopic (exact) mass is 222 g/mol. The van der Waals surface area contributed by atoms with E-state index in [1.165, 1.54) is 32.1 Å². The molecule has 0 heterocycles. The summed E-state index contributed by atoms with van der Waals surface area (Å²) in [5.74, 6) is 0.725. The summed E-state index contributed by atoms with van der Waals surface area (Å²) in [7, 11) is 1.13. The molecule has 0 aromatic carbocycles. The topological polar surface area (TPSA) is 0 Å². The van der Waals surface area contributed by atoms with Gasteiger partial charge in [0.05, 0.1) is 0 Å². The van der Waals surface area contributed by atoms with Crippen molar-refractivity contribution in [3.05, 3.63) is 24.3 Å². The van der Waals surface area contributed by atoms with Crippen LogP contribution in [-0.4, -0.2) is 10.8 Å². The van der Waals surface area contributed by atoms with Crippen molar-refractivity contribution in [1.29, 1.82) is 0 Å². The molecule has 0 aromatic rings. The van der Waals surface area contributed by atoms with Gasteiger partial charge >= 0.3 is 0 Å². The molecule has 2 rings (SSSR count). The fourth-order valence-corrected chi connectivity index (χ4v) is 4.83. The van der Waals surface area contributed by atoms with Gasteiger partial charge in [0.15, 0.2) is 0 Å². The van der Waals surface area contributed by atoms with E-state index < -0.39 is 0 Å². The van der Waals surface area contributed by atoms with E-state index in [1.54, 1.807) is 0 Å². The van der Waals surface area contributed by atoms with Crippen LogP contribution in [0.15, 0.2) is 24.3 Å². The van der Waals surface area contributed by atoms with Gasteiger partial charge in [0.2, 0.25) is 0 Å². The van der Waals surface area contributed by atoms with Gasteiger partial charge in [-0.25, -0.2) is 0 Å². The van der Waals surface area contributed by atoms with Gasteiger partial charge < -0.3 is 0 Å². The molecule has 3 unspecified atom stereocenters. The molecule has 2 aliphatic carbocycles. The van der Waals surface area contributed by atoms with Gasteiger partial charge in [-0.3, -0.25) is 0 Å². The van der Waals surface area contributed by atoms with E-state index in [-0.39, 0.29) is 0 Å². The van der Waals surface area contributed by atoms with Gasteiger partial charge in [-0.2, -0.15) is 0 Å². The normalized spacial score (nSPS) is 37.9. The molecule has 0 nitrogen and oxygen atoms in total. The molecule has 0 aliphatic heterocycles. The van der Waals surface area contributed by atoms with Crippen LogP contribution in [0, 0.1) is 5.92 Å². The van der Waals surface area contributed by atoms with Crippen molar-refractivity contribution in [1.82, 2.24) is 0 Å². The maximum Gasteiger partial charge on any atom is 0.00929 e. The molecular formula is C14H23P. The molecule has 0 N–H and O–H groups in total. The molecule has 0 aromatic heterocycles. The fraction of sp³-hybridized carbons (Fsp3) is 0.714. The molecule has 84 valence electrons. The van der Waals surface area contributed by atoms with Crippen LogP contribution in [0.3, 0.4) is 0 Å². The third-order valence-corrected chi connectivity index (χ3v) is 6.25. The highest BCUT2D eigenvalue weighted by Crippen LogP contribution is 2.48. The third-order valence-electron chi connectivity index (χ3n) is 4.02. The van der Waals surface area contributed by atoms with Crippen LogP contribution in [0.4, 0.5) is 0 Å². The predicted octanol–water partition coefficient (Wildman–Crippen LogP) is 4.52. The Morgan fingerprint density at radius 3 is 2.53 bits per heavy atom. The Kier molecular flexibility index (Phi) is 3.67. The second-order valence-electron chi connectivity index (χ2n) is 5.29. The van der Waals surface area contributed by atoms with Crippen LogP contribution in [0.25, 0.3) is 0 Å². The Labute approximate surface area is 96.0 Å². The fourth-order valence-electron chi connectivity index (χ4n) is 2.70. The van der Waals surface area contributed by atoms with Gasteiger partial charge in [0.25, 0.3) is 0 Å². The summed E-state index contributed by atoms with van der Waals surface area (Å²) in [5.41, 5.74) is 1.02. The first kappa shape index (κ1) is 11.4. The summed E-state index contributed by atoms with van der Waals surface area (Å²) in [6, 6.07) is 0. The first-order valence-corrected chi connectivity index (χ1v) is 7.42. The quantitative estimate of drug-likeness (QED) is 0.603. The second kappa shape index (κ2) is 4.83. The van der Waals surface area contributed by atoms with E-state index in [0.29, 0.717) is 5.16 Å². The highest BCUT2D eigenvalue weighted by molar-refractivity contribution is 7.41. The van der Waals surface area contributed by atoms with Crippen molar-refractivity contribution in [3.8, 4) is 0 Å². The molecule has 2 aliphatic rings. The van der Waals surface area contributed by atoms with Gasteiger partial charge in [-0.1, -0.05) is 57.4 Å². The molecule has 0 spiro atoms. The Bertz CT molecular complexity index is 261. The Morgan fingerprint density at radius 1 is 1.13 bits per heavy atom. The summed E-state index contributed by atoms with van der Waals surface area (Å²) in [6.45, 7) is 4.82. The van der Waals surface area contributed by atoms with Crippen molar-refractivity contribution >= 4 is 8.58 Å². The highest BCUT2D eigenvalue weighted by atomic mass is 31.1. The first-order chi connectivity index (χ1) is 7.21. The van der Waals surface area contributed by atoms with Gasteiger partial charge in [0.1, 0.15) is 0 Å². The molecule has 1 fully saturated rings. The number of allylic oxidation sites excluding steroid dienone is 4. The van der Waals surface area contributed by atoms with Crippen molar-refractivity contribution in [3.63, 3.8) is 0 Å². The van der Waals surface area contributed by atoms with Crippen molar-refractivity contribution in [2.75, 3.05) is 0 Å². The minimum absolute atomic E-state index is 0.455. The van der Waals surface area contributed by atoms with Crippen LogP contribution in [0.2, 0.25) is 0 Å². The lowest BCUT2D eigenvalue weighted by Crippen LogP contribution is -2.28. The zero-order valence-corrected chi connectivity index (χ0v) is 11.0. The van der Waals surface area contributed by atoms with Crippen LogP contribution in [-0.2, 0) is 0 Å². The van der Waals surface area contributed by atoms with E-state index in [2.05, 4.69) is 38.2 Å². The van der Waals surface area contributed by atoms with E-state index in [9.17, 15) is 0 Å². The minimum Gasteiger partial charge on any atom is -0.108 e. The summed E-state index contributed by atoms with van der Waals surface area (Å²) >= 11 is 0. The SMILES string of the molecule is CC1C=CC=CC1(C)PC1CCCCC1. The van der Waals surface area contributed by atoms with Gasteiger partial charge in [-0.05, 0) is 24.4 Å². The van der Waals surface area contributed by atoms with E-state index in [0.717, 1.165) is 20.2 Å². The Hall–Kier alpha value is -0.0900. The summed E-state index contributed by atoms with van der Waals surface area (Å²) in [4.78, 5) is 0.